The molecule has 1 aromatic rings. The third-order valence-corrected chi connectivity index (χ3v) is 4.60. The van der Waals surface area contributed by atoms with Gasteiger partial charge in [0.15, 0.2) is 0 Å². The zero-order valence-electron chi connectivity index (χ0n) is 11.7. The minimum absolute atomic E-state index is 0.0655. The molecule has 2 atom stereocenters. The average molecular weight is 281 g/mol. The van der Waals surface area contributed by atoms with Crippen molar-refractivity contribution in [2.45, 2.75) is 46.1 Å². The Kier molecular flexibility index (Phi) is 5.19. The molecule has 1 aliphatic carbocycles. The topological polar surface area (TPSA) is 54.0 Å². The molecule has 0 aliphatic heterocycles. The van der Waals surface area contributed by atoms with Crippen LogP contribution in [0.5, 0.6) is 0 Å². The molecule has 0 aromatic carbocycles. The summed E-state index contributed by atoms with van der Waals surface area (Å²) in [6.45, 7) is 5.65. The van der Waals surface area contributed by atoms with Crippen LogP contribution in [0.2, 0.25) is 0 Å². The first-order chi connectivity index (χ1) is 9.13. The Morgan fingerprint density at radius 1 is 1.47 bits per heavy atom. The Balaban J connectivity index is 1.64. The first-order valence-electron chi connectivity index (χ1n) is 7.06. The van der Waals surface area contributed by atoms with Crippen LogP contribution in [0.3, 0.4) is 0 Å². The van der Waals surface area contributed by atoms with Gasteiger partial charge in [-0.05, 0) is 31.6 Å². The van der Waals surface area contributed by atoms with Crippen LogP contribution in [0, 0.1) is 18.8 Å². The number of aromatic nitrogens is 1. The number of amides is 2. The van der Waals surface area contributed by atoms with Crippen molar-refractivity contribution >= 4 is 17.4 Å². The van der Waals surface area contributed by atoms with Crippen LogP contribution < -0.4 is 10.6 Å². The summed E-state index contributed by atoms with van der Waals surface area (Å²) in [7, 11) is 0. The molecule has 2 rings (SSSR count). The highest BCUT2D eigenvalue weighted by Gasteiger charge is 2.19. The maximum Gasteiger partial charge on any atom is 0.315 e. The van der Waals surface area contributed by atoms with Crippen LogP contribution in [-0.2, 0) is 6.54 Å². The molecular weight excluding hydrogens is 258 g/mol. The third kappa shape index (κ3) is 4.82. The molecule has 1 aromatic heterocycles. The van der Waals surface area contributed by atoms with Crippen LogP contribution in [-0.4, -0.2) is 17.6 Å². The first-order valence-corrected chi connectivity index (χ1v) is 7.88. The summed E-state index contributed by atoms with van der Waals surface area (Å²) in [5.41, 5.74) is 0. The van der Waals surface area contributed by atoms with Gasteiger partial charge in [-0.1, -0.05) is 19.8 Å². The lowest BCUT2D eigenvalue weighted by Gasteiger charge is -2.26. The van der Waals surface area contributed by atoms with E-state index in [2.05, 4.69) is 22.5 Å². The van der Waals surface area contributed by atoms with E-state index in [1.54, 1.807) is 11.3 Å². The predicted octanol–water partition coefficient (Wildman–Crippen LogP) is 3.08. The quantitative estimate of drug-likeness (QED) is 0.891. The molecule has 2 amide bonds. The van der Waals surface area contributed by atoms with Gasteiger partial charge in [0, 0.05) is 17.6 Å². The number of thiazole rings is 1. The summed E-state index contributed by atoms with van der Waals surface area (Å²) in [5.74, 6) is 1.46. The van der Waals surface area contributed by atoms with Crippen LogP contribution in [0.1, 0.15) is 42.5 Å². The minimum atomic E-state index is -0.0655. The summed E-state index contributed by atoms with van der Waals surface area (Å²) >= 11 is 1.62. The molecule has 1 saturated carbocycles. The molecule has 0 radical (unpaired) electrons. The smallest absolute Gasteiger partial charge is 0.315 e. The molecular formula is C14H23N3OS. The molecule has 19 heavy (non-hydrogen) atoms. The predicted molar refractivity (Wildman–Crippen MR) is 78.2 cm³/mol. The lowest BCUT2D eigenvalue weighted by Crippen LogP contribution is -2.38. The first kappa shape index (κ1) is 14.3. The van der Waals surface area contributed by atoms with Crippen LogP contribution >= 0.6 is 11.3 Å². The van der Waals surface area contributed by atoms with E-state index < -0.39 is 0 Å². The molecule has 2 N–H and O–H groups in total. The molecule has 1 aliphatic rings. The van der Waals surface area contributed by atoms with Crippen molar-refractivity contribution in [3.63, 3.8) is 0 Å². The number of carbonyl (C=O) groups is 1. The highest BCUT2D eigenvalue weighted by Crippen LogP contribution is 2.27. The lowest BCUT2D eigenvalue weighted by molar-refractivity contribution is 0.231. The van der Waals surface area contributed by atoms with Crippen molar-refractivity contribution in [2.24, 2.45) is 11.8 Å². The van der Waals surface area contributed by atoms with Gasteiger partial charge in [0.2, 0.25) is 0 Å². The van der Waals surface area contributed by atoms with E-state index in [9.17, 15) is 4.79 Å². The summed E-state index contributed by atoms with van der Waals surface area (Å²) in [4.78, 5) is 17.0. The second-order valence-electron chi connectivity index (χ2n) is 5.55. The van der Waals surface area contributed by atoms with Crippen LogP contribution in [0.4, 0.5) is 4.79 Å². The lowest BCUT2D eigenvalue weighted by atomic mass is 9.82. The number of urea groups is 1. The molecule has 0 spiro atoms. The Hall–Kier alpha value is -1.10. The van der Waals surface area contributed by atoms with E-state index in [1.165, 1.54) is 25.7 Å². The Morgan fingerprint density at radius 3 is 3.00 bits per heavy atom. The van der Waals surface area contributed by atoms with Crippen molar-refractivity contribution in [3.05, 3.63) is 16.1 Å². The monoisotopic (exact) mass is 281 g/mol. The number of nitrogens with one attached hydrogen (secondary N) is 2. The van der Waals surface area contributed by atoms with E-state index in [0.717, 1.165) is 22.3 Å². The maximum atomic E-state index is 11.7. The molecule has 0 saturated heterocycles. The summed E-state index contributed by atoms with van der Waals surface area (Å²) in [6.07, 6.45) is 6.96. The van der Waals surface area contributed by atoms with Gasteiger partial charge in [0.25, 0.3) is 0 Å². The second kappa shape index (κ2) is 6.89. The van der Waals surface area contributed by atoms with Crippen molar-refractivity contribution < 1.29 is 4.79 Å². The number of aryl methyl sites for hydroxylation is 1. The van der Waals surface area contributed by atoms with Gasteiger partial charge < -0.3 is 10.6 Å². The average Bonchev–Trinajstić information content (AvgIpc) is 2.80. The van der Waals surface area contributed by atoms with Crippen molar-refractivity contribution in [2.75, 3.05) is 6.54 Å². The number of nitrogens with zero attached hydrogens (tertiary/aromatic N) is 1. The van der Waals surface area contributed by atoms with Gasteiger partial charge in [-0.3, -0.25) is 0 Å². The number of hydrogen-bond acceptors (Lipinski definition) is 3. The Morgan fingerprint density at radius 2 is 2.32 bits per heavy atom. The van der Waals surface area contributed by atoms with Gasteiger partial charge >= 0.3 is 6.03 Å². The Labute approximate surface area is 119 Å². The van der Waals surface area contributed by atoms with Crippen molar-refractivity contribution in [1.29, 1.82) is 0 Å². The fourth-order valence-electron chi connectivity index (χ4n) is 2.70. The minimum Gasteiger partial charge on any atom is -0.338 e. The zero-order valence-corrected chi connectivity index (χ0v) is 12.6. The summed E-state index contributed by atoms with van der Waals surface area (Å²) in [5, 5.41) is 6.90. The van der Waals surface area contributed by atoms with E-state index in [4.69, 9.17) is 0 Å². The SMILES string of the molecule is Cc1ncc(CNC(=O)NCC2CCCC(C)C2)s1. The number of rotatable bonds is 4. The van der Waals surface area contributed by atoms with Crippen LogP contribution in [0.25, 0.3) is 0 Å². The van der Waals surface area contributed by atoms with Gasteiger partial charge in [0.05, 0.1) is 11.6 Å². The van der Waals surface area contributed by atoms with E-state index >= 15 is 0 Å². The summed E-state index contributed by atoms with van der Waals surface area (Å²) < 4.78 is 0. The maximum absolute atomic E-state index is 11.7. The molecule has 0 bridgehead atoms. The molecule has 4 nitrogen and oxygen atoms in total. The van der Waals surface area contributed by atoms with Crippen molar-refractivity contribution in [3.8, 4) is 0 Å². The molecule has 1 fully saturated rings. The second-order valence-corrected chi connectivity index (χ2v) is 6.87. The normalized spacial score (nSPS) is 23.1. The van der Waals surface area contributed by atoms with Crippen LogP contribution in [0.15, 0.2) is 6.20 Å². The van der Waals surface area contributed by atoms with Crippen molar-refractivity contribution in [1.82, 2.24) is 15.6 Å². The van der Waals surface area contributed by atoms with Gasteiger partial charge in [0.1, 0.15) is 0 Å². The zero-order chi connectivity index (χ0) is 13.7. The van der Waals surface area contributed by atoms with Gasteiger partial charge in [-0.25, -0.2) is 9.78 Å². The summed E-state index contributed by atoms with van der Waals surface area (Å²) in [6, 6.07) is -0.0655. The molecule has 2 unspecified atom stereocenters. The van der Waals surface area contributed by atoms with E-state index in [0.29, 0.717) is 12.5 Å². The number of hydrogen-bond donors (Lipinski definition) is 2. The van der Waals surface area contributed by atoms with E-state index in [-0.39, 0.29) is 6.03 Å². The molecule has 1 heterocycles. The third-order valence-electron chi connectivity index (χ3n) is 3.69. The number of carbonyl (C=O) groups excluding carboxylic acids is 1. The highest BCUT2D eigenvalue weighted by molar-refractivity contribution is 7.11. The largest absolute Gasteiger partial charge is 0.338 e. The fraction of sp³-hybridized carbons (Fsp3) is 0.714. The Bertz CT molecular complexity index is 419. The molecule has 5 heteroatoms. The van der Waals surface area contributed by atoms with Gasteiger partial charge in [-0.2, -0.15) is 0 Å². The fourth-order valence-corrected chi connectivity index (χ4v) is 3.43. The van der Waals surface area contributed by atoms with E-state index in [1.807, 2.05) is 13.1 Å². The van der Waals surface area contributed by atoms with Gasteiger partial charge in [-0.15, -0.1) is 11.3 Å². The highest BCUT2D eigenvalue weighted by atomic mass is 32.1. The molecule has 106 valence electrons. The standard InChI is InChI=1S/C14H23N3OS/c1-10-4-3-5-12(6-10)7-16-14(18)17-9-13-8-15-11(2)19-13/h8,10,12H,3-7,9H2,1-2H3,(H2,16,17,18).